The maximum Gasteiger partial charge on any atom is 0.0656 e. The van der Waals surface area contributed by atoms with E-state index in [0.29, 0.717) is 16.1 Å². The highest BCUT2D eigenvalue weighted by Crippen LogP contribution is 2.36. The van der Waals surface area contributed by atoms with Gasteiger partial charge in [0.25, 0.3) is 0 Å². The summed E-state index contributed by atoms with van der Waals surface area (Å²) in [5.74, 6) is 0. The fraction of sp³-hybridized carbons (Fsp3) is 0.538. The van der Waals surface area contributed by atoms with Crippen LogP contribution in [-0.2, 0) is 0 Å². The molecule has 0 unspecified atom stereocenters. The van der Waals surface area contributed by atoms with Crippen LogP contribution >= 0.6 is 11.6 Å². The Morgan fingerprint density at radius 3 is 2.62 bits per heavy atom. The lowest BCUT2D eigenvalue weighted by atomic mass is 9.93. The average molecular weight is 239 g/mol. The molecule has 0 radical (unpaired) electrons. The summed E-state index contributed by atoms with van der Waals surface area (Å²) in [5, 5.41) is 0.658. The van der Waals surface area contributed by atoms with E-state index < -0.39 is 0 Å². The van der Waals surface area contributed by atoms with E-state index in [0.717, 1.165) is 13.1 Å². The zero-order valence-electron chi connectivity index (χ0n) is 10.2. The molecule has 3 heteroatoms. The van der Waals surface area contributed by atoms with Gasteiger partial charge in [0.05, 0.1) is 10.7 Å². The maximum atomic E-state index is 6.08. The SMILES string of the molecule is Cc1cc(N)c(Cl)cc1N1CCC(C)(C)C1. The van der Waals surface area contributed by atoms with Crippen LogP contribution in [0.15, 0.2) is 12.1 Å². The molecule has 0 bridgehead atoms. The van der Waals surface area contributed by atoms with Crippen LogP contribution in [0.1, 0.15) is 25.8 Å². The second kappa shape index (κ2) is 3.85. The average Bonchev–Trinajstić information content (AvgIpc) is 2.52. The normalized spacial score (nSPS) is 19.1. The third-order valence-corrected chi connectivity index (χ3v) is 3.66. The number of hydrogen-bond donors (Lipinski definition) is 1. The van der Waals surface area contributed by atoms with Gasteiger partial charge in [0, 0.05) is 18.8 Å². The molecule has 1 saturated heterocycles. The molecule has 0 spiro atoms. The molecule has 0 aliphatic carbocycles. The number of halogens is 1. The molecule has 1 aliphatic heterocycles. The van der Waals surface area contributed by atoms with E-state index in [2.05, 4.69) is 25.7 Å². The predicted molar refractivity (Wildman–Crippen MR) is 71.2 cm³/mol. The van der Waals surface area contributed by atoms with Gasteiger partial charge in [0.2, 0.25) is 0 Å². The number of nitrogen functional groups attached to an aromatic ring is 1. The summed E-state index contributed by atoms with van der Waals surface area (Å²) in [6.07, 6.45) is 1.23. The van der Waals surface area contributed by atoms with Gasteiger partial charge in [-0.3, -0.25) is 0 Å². The second-order valence-corrected chi connectivity index (χ2v) is 5.90. The standard InChI is InChI=1S/C13H19ClN2/c1-9-6-11(15)10(14)7-12(9)16-5-4-13(2,3)8-16/h6-7H,4-5,8,15H2,1-3H3. The minimum Gasteiger partial charge on any atom is -0.398 e. The van der Waals surface area contributed by atoms with Crippen LogP contribution in [0.4, 0.5) is 11.4 Å². The summed E-state index contributed by atoms with van der Waals surface area (Å²) in [6, 6.07) is 3.95. The molecule has 1 aromatic rings. The van der Waals surface area contributed by atoms with Crippen molar-refractivity contribution >= 4 is 23.0 Å². The molecule has 2 rings (SSSR count). The minimum absolute atomic E-state index is 0.403. The van der Waals surface area contributed by atoms with Crippen LogP contribution in [0.25, 0.3) is 0 Å². The lowest BCUT2D eigenvalue weighted by Gasteiger charge is -2.24. The second-order valence-electron chi connectivity index (χ2n) is 5.50. The number of nitrogens with zero attached hydrogens (tertiary/aromatic N) is 1. The Bertz CT molecular complexity index is 413. The topological polar surface area (TPSA) is 29.3 Å². The van der Waals surface area contributed by atoms with Crippen molar-refractivity contribution < 1.29 is 0 Å². The summed E-state index contributed by atoms with van der Waals surface area (Å²) >= 11 is 6.08. The fourth-order valence-electron chi connectivity index (χ4n) is 2.35. The molecule has 1 aliphatic rings. The number of rotatable bonds is 1. The van der Waals surface area contributed by atoms with Crippen molar-refractivity contribution in [3.05, 3.63) is 22.7 Å². The molecule has 1 fully saturated rings. The minimum atomic E-state index is 0.403. The highest BCUT2D eigenvalue weighted by molar-refractivity contribution is 6.33. The van der Waals surface area contributed by atoms with Gasteiger partial charge in [0.15, 0.2) is 0 Å². The van der Waals surface area contributed by atoms with Crippen LogP contribution < -0.4 is 10.6 Å². The van der Waals surface area contributed by atoms with E-state index in [4.69, 9.17) is 17.3 Å². The molecule has 0 amide bonds. The van der Waals surface area contributed by atoms with Crippen LogP contribution in [-0.4, -0.2) is 13.1 Å². The molecule has 2 nitrogen and oxygen atoms in total. The first kappa shape index (κ1) is 11.6. The van der Waals surface area contributed by atoms with Crippen molar-refractivity contribution in [1.82, 2.24) is 0 Å². The smallest absolute Gasteiger partial charge is 0.0656 e. The first-order valence-corrected chi connectivity index (χ1v) is 6.07. The van der Waals surface area contributed by atoms with E-state index in [1.54, 1.807) is 0 Å². The number of aryl methyl sites for hydroxylation is 1. The largest absolute Gasteiger partial charge is 0.398 e. The van der Waals surface area contributed by atoms with Gasteiger partial charge in [-0.2, -0.15) is 0 Å². The predicted octanol–water partition coefficient (Wildman–Crippen LogP) is 3.47. The summed E-state index contributed by atoms with van der Waals surface area (Å²) in [4.78, 5) is 2.40. The van der Waals surface area contributed by atoms with Gasteiger partial charge >= 0.3 is 0 Å². The molecular weight excluding hydrogens is 220 g/mol. The molecule has 1 aromatic carbocycles. The Morgan fingerprint density at radius 1 is 1.38 bits per heavy atom. The van der Waals surface area contributed by atoms with Crippen molar-refractivity contribution in [3.63, 3.8) is 0 Å². The van der Waals surface area contributed by atoms with Crippen LogP contribution in [0, 0.1) is 12.3 Å². The van der Waals surface area contributed by atoms with Crippen molar-refractivity contribution in [1.29, 1.82) is 0 Å². The third-order valence-electron chi connectivity index (χ3n) is 3.33. The lowest BCUT2D eigenvalue weighted by molar-refractivity contribution is 0.418. The Hall–Kier alpha value is -0.890. The molecule has 0 aromatic heterocycles. The van der Waals surface area contributed by atoms with Gasteiger partial charge in [-0.1, -0.05) is 25.4 Å². The zero-order chi connectivity index (χ0) is 11.9. The van der Waals surface area contributed by atoms with Crippen molar-refractivity contribution in [2.75, 3.05) is 23.7 Å². The lowest BCUT2D eigenvalue weighted by Crippen LogP contribution is -2.23. The summed E-state index contributed by atoms with van der Waals surface area (Å²) in [5.41, 5.74) is 9.30. The van der Waals surface area contributed by atoms with Gasteiger partial charge < -0.3 is 10.6 Å². The van der Waals surface area contributed by atoms with E-state index >= 15 is 0 Å². The number of benzene rings is 1. The van der Waals surface area contributed by atoms with Crippen LogP contribution in [0.3, 0.4) is 0 Å². The van der Waals surface area contributed by atoms with Gasteiger partial charge in [-0.15, -0.1) is 0 Å². The Balaban J connectivity index is 2.32. The molecule has 16 heavy (non-hydrogen) atoms. The van der Waals surface area contributed by atoms with Gasteiger partial charge in [-0.05, 0) is 36.5 Å². The molecule has 1 heterocycles. The van der Waals surface area contributed by atoms with Gasteiger partial charge in [-0.25, -0.2) is 0 Å². The Kier molecular flexibility index (Phi) is 2.79. The Morgan fingerprint density at radius 2 is 2.06 bits per heavy atom. The number of hydrogen-bond acceptors (Lipinski definition) is 2. The summed E-state index contributed by atoms with van der Waals surface area (Å²) < 4.78 is 0. The molecular formula is C13H19ClN2. The molecule has 0 saturated carbocycles. The first-order chi connectivity index (χ1) is 7.39. The van der Waals surface area contributed by atoms with E-state index in [-0.39, 0.29) is 0 Å². The molecule has 0 atom stereocenters. The van der Waals surface area contributed by atoms with Crippen LogP contribution in [0.5, 0.6) is 0 Å². The molecule has 88 valence electrons. The maximum absolute atomic E-state index is 6.08. The number of anilines is 2. The number of nitrogens with two attached hydrogens (primary N) is 1. The van der Waals surface area contributed by atoms with E-state index in [1.165, 1.54) is 17.7 Å². The summed E-state index contributed by atoms with van der Waals surface area (Å²) in [7, 11) is 0. The quantitative estimate of drug-likeness (QED) is 0.760. The summed E-state index contributed by atoms with van der Waals surface area (Å²) in [6.45, 7) is 8.90. The Labute approximate surface area is 102 Å². The zero-order valence-corrected chi connectivity index (χ0v) is 10.9. The third kappa shape index (κ3) is 2.12. The van der Waals surface area contributed by atoms with Crippen LogP contribution in [0.2, 0.25) is 5.02 Å². The molecule has 2 N–H and O–H groups in total. The van der Waals surface area contributed by atoms with Crippen molar-refractivity contribution in [3.8, 4) is 0 Å². The highest BCUT2D eigenvalue weighted by Gasteiger charge is 2.30. The first-order valence-electron chi connectivity index (χ1n) is 5.70. The highest BCUT2D eigenvalue weighted by atomic mass is 35.5. The van der Waals surface area contributed by atoms with Gasteiger partial charge in [0.1, 0.15) is 0 Å². The van der Waals surface area contributed by atoms with E-state index in [9.17, 15) is 0 Å². The monoisotopic (exact) mass is 238 g/mol. The van der Waals surface area contributed by atoms with E-state index in [1.807, 2.05) is 12.1 Å². The van der Waals surface area contributed by atoms with Crippen molar-refractivity contribution in [2.45, 2.75) is 27.2 Å². The fourth-order valence-corrected chi connectivity index (χ4v) is 2.51. The van der Waals surface area contributed by atoms with Crippen molar-refractivity contribution in [2.24, 2.45) is 5.41 Å².